The van der Waals surface area contributed by atoms with Crippen molar-refractivity contribution in [3.05, 3.63) is 47.5 Å². The summed E-state index contributed by atoms with van der Waals surface area (Å²) in [5, 5.41) is 10.7. The van der Waals surface area contributed by atoms with Crippen LogP contribution in [0.3, 0.4) is 0 Å². The van der Waals surface area contributed by atoms with Gasteiger partial charge in [-0.1, -0.05) is 30.3 Å². The zero-order chi connectivity index (χ0) is 12.3. The van der Waals surface area contributed by atoms with Crippen LogP contribution in [0.25, 0.3) is 10.8 Å². The minimum absolute atomic E-state index is 0.383. The van der Waals surface area contributed by atoms with Crippen LogP contribution in [-0.4, -0.2) is 5.91 Å². The minimum Gasteiger partial charge on any atom is -0.366 e. The lowest BCUT2D eigenvalue weighted by atomic mass is 9.95. The Morgan fingerprint density at radius 2 is 2.00 bits per heavy atom. The van der Waals surface area contributed by atoms with E-state index in [0.29, 0.717) is 18.4 Å². The van der Waals surface area contributed by atoms with Crippen LogP contribution in [0.4, 0.5) is 0 Å². The molecule has 0 bridgehead atoms. The standard InChI is InChI=1S/C14H12N2O/c15-9-3-6-12-11-5-2-1-4-10(11)7-8-13(12)14(16)17/h1-2,4-5,7-8H,3,6H2,(H2,16,17). The van der Waals surface area contributed by atoms with Crippen LogP contribution in [0.15, 0.2) is 36.4 Å². The first kappa shape index (κ1) is 11.2. The summed E-state index contributed by atoms with van der Waals surface area (Å²) in [6.07, 6.45) is 0.935. The Morgan fingerprint density at radius 3 is 2.71 bits per heavy atom. The van der Waals surface area contributed by atoms with E-state index in [1.165, 1.54) is 0 Å². The number of hydrogen-bond acceptors (Lipinski definition) is 2. The molecular weight excluding hydrogens is 212 g/mol. The molecule has 1 amide bonds. The molecular formula is C14H12N2O. The summed E-state index contributed by atoms with van der Waals surface area (Å²) >= 11 is 0. The Hall–Kier alpha value is -2.34. The molecule has 0 spiro atoms. The van der Waals surface area contributed by atoms with Crippen LogP contribution in [0.5, 0.6) is 0 Å². The van der Waals surface area contributed by atoms with Crippen LogP contribution in [0.1, 0.15) is 22.3 Å². The monoisotopic (exact) mass is 224 g/mol. The number of carbonyl (C=O) groups is 1. The molecule has 0 heterocycles. The highest BCUT2D eigenvalue weighted by atomic mass is 16.1. The van der Waals surface area contributed by atoms with Crippen molar-refractivity contribution in [2.45, 2.75) is 12.8 Å². The molecule has 84 valence electrons. The van der Waals surface area contributed by atoms with Gasteiger partial charge in [-0.3, -0.25) is 4.79 Å². The van der Waals surface area contributed by atoms with Gasteiger partial charge in [0, 0.05) is 12.0 Å². The molecule has 2 N–H and O–H groups in total. The number of fused-ring (bicyclic) bond motifs is 1. The summed E-state index contributed by atoms with van der Waals surface area (Å²) < 4.78 is 0. The van der Waals surface area contributed by atoms with Crippen molar-refractivity contribution in [3.8, 4) is 6.07 Å². The maximum Gasteiger partial charge on any atom is 0.248 e. The fourth-order valence-corrected chi connectivity index (χ4v) is 2.02. The molecule has 0 radical (unpaired) electrons. The summed E-state index contributed by atoms with van der Waals surface area (Å²) in [5.74, 6) is -0.441. The highest BCUT2D eigenvalue weighted by molar-refractivity contribution is 6.00. The molecule has 2 rings (SSSR count). The number of nitrogens with two attached hydrogens (primary N) is 1. The van der Waals surface area contributed by atoms with Gasteiger partial charge in [0.15, 0.2) is 0 Å². The van der Waals surface area contributed by atoms with E-state index in [0.717, 1.165) is 16.3 Å². The predicted molar refractivity (Wildman–Crippen MR) is 66.4 cm³/mol. The van der Waals surface area contributed by atoms with Crippen molar-refractivity contribution in [2.24, 2.45) is 5.73 Å². The maximum absolute atomic E-state index is 11.4. The quantitative estimate of drug-likeness (QED) is 0.869. The van der Waals surface area contributed by atoms with Crippen molar-refractivity contribution in [1.82, 2.24) is 0 Å². The lowest BCUT2D eigenvalue weighted by Crippen LogP contribution is -2.14. The average Bonchev–Trinajstić information content (AvgIpc) is 2.35. The molecule has 17 heavy (non-hydrogen) atoms. The van der Waals surface area contributed by atoms with Crippen molar-refractivity contribution < 1.29 is 4.79 Å². The fraction of sp³-hybridized carbons (Fsp3) is 0.143. The van der Waals surface area contributed by atoms with E-state index in [1.807, 2.05) is 30.3 Å². The van der Waals surface area contributed by atoms with E-state index >= 15 is 0 Å². The topological polar surface area (TPSA) is 66.9 Å². The summed E-state index contributed by atoms with van der Waals surface area (Å²) in [7, 11) is 0. The summed E-state index contributed by atoms with van der Waals surface area (Å²) in [6, 6.07) is 13.5. The molecule has 0 aliphatic heterocycles. The number of nitriles is 1. The van der Waals surface area contributed by atoms with Gasteiger partial charge in [-0.25, -0.2) is 0 Å². The molecule has 0 aliphatic carbocycles. The Bertz CT molecular complexity index is 611. The van der Waals surface area contributed by atoms with Gasteiger partial charge in [0.05, 0.1) is 6.07 Å². The van der Waals surface area contributed by atoms with E-state index in [9.17, 15) is 4.79 Å². The SMILES string of the molecule is N#CCCc1c(C(N)=O)ccc2ccccc12. The highest BCUT2D eigenvalue weighted by Crippen LogP contribution is 2.23. The third-order valence-corrected chi connectivity index (χ3v) is 2.79. The van der Waals surface area contributed by atoms with Crippen LogP contribution in [0, 0.1) is 11.3 Å². The summed E-state index contributed by atoms with van der Waals surface area (Å²) in [6.45, 7) is 0. The Kier molecular flexibility index (Phi) is 3.06. The van der Waals surface area contributed by atoms with Crippen molar-refractivity contribution in [2.75, 3.05) is 0 Å². The van der Waals surface area contributed by atoms with Gasteiger partial charge in [-0.2, -0.15) is 5.26 Å². The molecule has 0 unspecified atom stereocenters. The maximum atomic E-state index is 11.4. The van der Waals surface area contributed by atoms with Crippen LogP contribution in [0.2, 0.25) is 0 Å². The number of carbonyl (C=O) groups excluding carboxylic acids is 1. The first-order valence-corrected chi connectivity index (χ1v) is 5.41. The van der Waals surface area contributed by atoms with Gasteiger partial charge >= 0.3 is 0 Å². The molecule has 0 aromatic heterocycles. The zero-order valence-corrected chi connectivity index (χ0v) is 9.31. The molecule has 2 aromatic carbocycles. The fourth-order valence-electron chi connectivity index (χ4n) is 2.02. The Balaban J connectivity index is 2.66. The van der Waals surface area contributed by atoms with E-state index in [1.54, 1.807) is 6.07 Å². The number of nitrogens with zero attached hydrogens (tertiary/aromatic N) is 1. The number of primary amides is 1. The van der Waals surface area contributed by atoms with Crippen molar-refractivity contribution in [3.63, 3.8) is 0 Å². The number of benzene rings is 2. The largest absolute Gasteiger partial charge is 0.366 e. The molecule has 2 aromatic rings. The Morgan fingerprint density at radius 1 is 1.24 bits per heavy atom. The highest BCUT2D eigenvalue weighted by Gasteiger charge is 2.11. The molecule has 3 nitrogen and oxygen atoms in total. The van der Waals surface area contributed by atoms with Gasteiger partial charge in [-0.15, -0.1) is 0 Å². The van der Waals surface area contributed by atoms with Gasteiger partial charge in [-0.05, 0) is 28.8 Å². The van der Waals surface area contributed by atoms with E-state index in [2.05, 4.69) is 6.07 Å². The summed E-state index contributed by atoms with van der Waals surface area (Å²) in [4.78, 5) is 11.4. The first-order chi connectivity index (χ1) is 8.24. The van der Waals surface area contributed by atoms with Gasteiger partial charge in [0.1, 0.15) is 0 Å². The van der Waals surface area contributed by atoms with Gasteiger partial charge in [0.2, 0.25) is 5.91 Å². The number of aryl methyl sites for hydroxylation is 1. The lowest BCUT2D eigenvalue weighted by Gasteiger charge is -2.09. The third-order valence-electron chi connectivity index (χ3n) is 2.79. The van der Waals surface area contributed by atoms with Crippen LogP contribution < -0.4 is 5.73 Å². The second-order valence-corrected chi connectivity index (χ2v) is 3.84. The first-order valence-electron chi connectivity index (χ1n) is 5.41. The van der Waals surface area contributed by atoms with Crippen molar-refractivity contribution in [1.29, 1.82) is 5.26 Å². The van der Waals surface area contributed by atoms with E-state index < -0.39 is 5.91 Å². The van der Waals surface area contributed by atoms with Crippen LogP contribution >= 0.6 is 0 Å². The molecule has 0 saturated heterocycles. The van der Waals surface area contributed by atoms with Gasteiger partial charge in [0.25, 0.3) is 0 Å². The molecule has 0 atom stereocenters. The summed E-state index contributed by atoms with van der Waals surface area (Å²) in [5.41, 5.74) is 6.74. The average molecular weight is 224 g/mol. The number of rotatable bonds is 3. The predicted octanol–water partition coefficient (Wildman–Crippen LogP) is 2.39. The van der Waals surface area contributed by atoms with Crippen molar-refractivity contribution >= 4 is 16.7 Å². The minimum atomic E-state index is -0.441. The molecule has 0 saturated carbocycles. The van der Waals surface area contributed by atoms with Gasteiger partial charge < -0.3 is 5.73 Å². The lowest BCUT2D eigenvalue weighted by molar-refractivity contribution is 0.0999. The second-order valence-electron chi connectivity index (χ2n) is 3.84. The zero-order valence-electron chi connectivity index (χ0n) is 9.31. The number of amides is 1. The smallest absolute Gasteiger partial charge is 0.248 e. The van der Waals surface area contributed by atoms with E-state index in [-0.39, 0.29) is 0 Å². The van der Waals surface area contributed by atoms with Crippen LogP contribution in [-0.2, 0) is 6.42 Å². The molecule has 3 heteroatoms. The molecule has 0 aliphatic rings. The molecule has 0 fully saturated rings. The third kappa shape index (κ3) is 2.11. The Labute approximate surface area is 99.5 Å². The number of hydrogen-bond donors (Lipinski definition) is 1. The normalized spacial score (nSPS) is 10.1. The van der Waals surface area contributed by atoms with E-state index in [4.69, 9.17) is 11.0 Å². The second kappa shape index (κ2) is 4.67.